The quantitative estimate of drug-likeness (QED) is 0.914. The van der Waals surface area contributed by atoms with E-state index in [4.69, 9.17) is 9.47 Å². The largest absolute Gasteiger partial charge is 0.507 e. The highest BCUT2D eigenvalue weighted by Crippen LogP contribution is 2.36. The van der Waals surface area contributed by atoms with E-state index in [1.165, 1.54) is 11.8 Å². The van der Waals surface area contributed by atoms with Gasteiger partial charge in [0, 0.05) is 11.0 Å². The lowest BCUT2D eigenvalue weighted by Crippen LogP contribution is -1.83. The van der Waals surface area contributed by atoms with E-state index in [1.807, 2.05) is 36.4 Å². The molecule has 3 nitrogen and oxygen atoms in total. The Hall–Kier alpha value is -1.81. The molecule has 0 amide bonds. The number of hydrogen-bond acceptors (Lipinski definition) is 4. The van der Waals surface area contributed by atoms with Crippen molar-refractivity contribution >= 4 is 11.8 Å². The number of aromatic hydroxyl groups is 1. The van der Waals surface area contributed by atoms with Crippen molar-refractivity contribution in [1.82, 2.24) is 0 Å². The molecule has 94 valence electrons. The second kappa shape index (κ2) is 5.69. The maximum Gasteiger partial charge on any atom is 0.133 e. The molecule has 1 N–H and O–H groups in total. The molecule has 0 aliphatic carbocycles. The van der Waals surface area contributed by atoms with E-state index >= 15 is 0 Å². The SMILES string of the molecule is COc1ccc(Sc2ccc(OC)cc2O)cc1. The summed E-state index contributed by atoms with van der Waals surface area (Å²) in [6, 6.07) is 13.0. The Labute approximate surface area is 110 Å². The second-order valence-electron chi connectivity index (χ2n) is 3.61. The van der Waals surface area contributed by atoms with Crippen LogP contribution in [0.4, 0.5) is 0 Å². The maximum absolute atomic E-state index is 9.86. The summed E-state index contributed by atoms with van der Waals surface area (Å²) < 4.78 is 10.1. The fraction of sp³-hybridized carbons (Fsp3) is 0.143. The van der Waals surface area contributed by atoms with Crippen LogP contribution in [0.25, 0.3) is 0 Å². The monoisotopic (exact) mass is 262 g/mol. The summed E-state index contributed by atoms with van der Waals surface area (Å²) in [4.78, 5) is 1.83. The molecular weight excluding hydrogens is 248 g/mol. The van der Waals surface area contributed by atoms with Gasteiger partial charge >= 0.3 is 0 Å². The zero-order valence-electron chi connectivity index (χ0n) is 10.2. The lowest BCUT2D eigenvalue weighted by molar-refractivity contribution is 0.405. The zero-order chi connectivity index (χ0) is 13.0. The van der Waals surface area contributed by atoms with Crippen molar-refractivity contribution in [3.8, 4) is 17.2 Å². The number of hydrogen-bond donors (Lipinski definition) is 1. The van der Waals surface area contributed by atoms with Crippen LogP contribution in [-0.4, -0.2) is 19.3 Å². The number of phenols is 1. The van der Waals surface area contributed by atoms with Gasteiger partial charge in [-0.25, -0.2) is 0 Å². The topological polar surface area (TPSA) is 38.7 Å². The minimum Gasteiger partial charge on any atom is -0.507 e. The Kier molecular flexibility index (Phi) is 3.99. The van der Waals surface area contributed by atoms with E-state index in [-0.39, 0.29) is 5.75 Å². The highest BCUT2D eigenvalue weighted by molar-refractivity contribution is 7.99. The van der Waals surface area contributed by atoms with Crippen LogP contribution in [0.5, 0.6) is 17.2 Å². The molecule has 2 aromatic rings. The zero-order valence-corrected chi connectivity index (χ0v) is 11.0. The van der Waals surface area contributed by atoms with Crippen molar-refractivity contribution in [2.45, 2.75) is 9.79 Å². The van der Waals surface area contributed by atoms with Gasteiger partial charge < -0.3 is 14.6 Å². The minimum absolute atomic E-state index is 0.218. The van der Waals surface area contributed by atoms with Crippen molar-refractivity contribution in [3.63, 3.8) is 0 Å². The van der Waals surface area contributed by atoms with Gasteiger partial charge in [0.15, 0.2) is 0 Å². The maximum atomic E-state index is 9.86. The summed E-state index contributed by atoms with van der Waals surface area (Å²) in [5.41, 5.74) is 0. The molecule has 0 aromatic heterocycles. The first kappa shape index (κ1) is 12.6. The van der Waals surface area contributed by atoms with Crippen molar-refractivity contribution in [2.75, 3.05) is 14.2 Å². The molecule has 2 rings (SSSR count). The van der Waals surface area contributed by atoms with E-state index in [9.17, 15) is 5.11 Å². The van der Waals surface area contributed by atoms with Crippen LogP contribution >= 0.6 is 11.8 Å². The molecule has 0 saturated carbocycles. The molecule has 0 heterocycles. The van der Waals surface area contributed by atoms with Gasteiger partial charge in [0.2, 0.25) is 0 Å². The van der Waals surface area contributed by atoms with Crippen LogP contribution in [-0.2, 0) is 0 Å². The van der Waals surface area contributed by atoms with Crippen molar-refractivity contribution in [1.29, 1.82) is 0 Å². The van der Waals surface area contributed by atoms with Crippen LogP contribution in [0, 0.1) is 0 Å². The Morgan fingerprint density at radius 2 is 1.50 bits per heavy atom. The molecule has 0 aliphatic heterocycles. The number of phenolic OH excluding ortho intramolecular Hbond substituents is 1. The summed E-state index contributed by atoms with van der Waals surface area (Å²) in [5, 5.41) is 9.86. The smallest absolute Gasteiger partial charge is 0.133 e. The fourth-order valence-corrected chi connectivity index (χ4v) is 2.31. The first-order valence-electron chi connectivity index (χ1n) is 5.42. The van der Waals surface area contributed by atoms with Crippen LogP contribution in [0.2, 0.25) is 0 Å². The lowest BCUT2D eigenvalue weighted by atomic mass is 10.3. The average Bonchev–Trinajstić information content (AvgIpc) is 2.42. The average molecular weight is 262 g/mol. The first-order valence-corrected chi connectivity index (χ1v) is 6.23. The van der Waals surface area contributed by atoms with E-state index in [2.05, 4.69) is 0 Å². The molecule has 4 heteroatoms. The summed E-state index contributed by atoms with van der Waals surface area (Å²) >= 11 is 1.49. The highest BCUT2D eigenvalue weighted by atomic mass is 32.2. The normalized spacial score (nSPS) is 10.1. The number of benzene rings is 2. The molecule has 0 bridgehead atoms. The molecule has 0 fully saturated rings. The van der Waals surface area contributed by atoms with Gasteiger partial charge in [0.1, 0.15) is 17.2 Å². The third-order valence-corrected chi connectivity index (χ3v) is 3.53. The number of rotatable bonds is 4. The summed E-state index contributed by atoms with van der Waals surface area (Å²) in [6.07, 6.45) is 0. The molecule has 0 unspecified atom stereocenters. The second-order valence-corrected chi connectivity index (χ2v) is 4.73. The summed E-state index contributed by atoms with van der Waals surface area (Å²) in [7, 11) is 3.21. The summed E-state index contributed by atoms with van der Waals surface area (Å²) in [5.74, 6) is 1.68. The molecular formula is C14H14O3S. The van der Waals surface area contributed by atoms with Crippen LogP contribution in [0.1, 0.15) is 0 Å². The van der Waals surface area contributed by atoms with Crippen molar-refractivity contribution in [3.05, 3.63) is 42.5 Å². The van der Waals surface area contributed by atoms with Gasteiger partial charge in [-0.2, -0.15) is 0 Å². The van der Waals surface area contributed by atoms with Gasteiger partial charge in [-0.1, -0.05) is 11.8 Å². The van der Waals surface area contributed by atoms with Gasteiger partial charge in [-0.3, -0.25) is 0 Å². The summed E-state index contributed by atoms with van der Waals surface area (Å²) in [6.45, 7) is 0. The Morgan fingerprint density at radius 1 is 0.889 bits per heavy atom. The molecule has 2 aromatic carbocycles. The van der Waals surface area contributed by atoms with Crippen molar-refractivity contribution < 1.29 is 14.6 Å². The number of methoxy groups -OCH3 is 2. The Morgan fingerprint density at radius 3 is 2.06 bits per heavy atom. The molecule has 18 heavy (non-hydrogen) atoms. The first-order chi connectivity index (χ1) is 8.72. The van der Waals surface area contributed by atoms with Crippen LogP contribution < -0.4 is 9.47 Å². The van der Waals surface area contributed by atoms with E-state index in [1.54, 1.807) is 20.3 Å². The standard InChI is InChI=1S/C14H14O3S/c1-16-10-3-6-12(7-4-10)18-14-8-5-11(17-2)9-13(14)15/h3-9,15H,1-2H3. The van der Waals surface area contributed by atoms with Gasteiger partial charge in [-0.15, -0.1) is 0 Å². The van der Waals surface area contributed by atoms with E-state index in [0.29, 0.717) is 5.75 Å². The number of ether oxygens (including phenoxy) is 2. The Balaban J connectivity index is 2.17. The predicted octanol–water partition coefficient (Wildman–Crippen LogP) is 3.56. The lowest BCUT2D eigenvalue weighted by Gasteiger charge is -2.07. The van der Waals surface area contributed by atoms with Crippen molar-refractivity contribution in [2.24, 2.45) is 0 Å². The van der Waals surface area contributed by atoms with Crippen LogP contribution in [0.3, 0.4) is 0 Å². The molecule has 0 atom stereocenters. The van der Waals surface area contributed by atoms with Crippen LogP contribution in [0.15, 0.2) is 52.3 Å². The van der Waals surface area contributed by atoms with Gasteiger partial charge in [0.05, 0.1) is 19.1 Å². The molecule has 0 aliphatic rings. The van der Waals surface area contributed by atoms with E-state index < -0.39 is 0 Å². The Bertz CT molecular complexity index is 523. The van der Waals surface area contributed by atoms with E-state index in [0.717, 1.165) is 15.5 Å². The minimum atomic E-state index is 0.218. The predicted molar refractivity (Wildman–Crippen MR) is 71.8 cm³/mol. The molecule has 0 spiro atoms. The third kappa shape index (κ3) is 2.90. The highest BCUT2D eigenvalue weighted by Gasteiger charge is 2.05. The van der Waals surface area contributed by atoms with Gasteiger partial charge in [-0.05, 0) is 36.4 Å². The molecule has 0 radical (unpaired) electrons. The third-order valence-electron chi connectivity index (χ3n) is 2.45. The molecule has 0 saturated heterocycles. The van der Waals surface area contributed by atoms with Gasteiger partial charge in [0.25, 0.3) is 0 Å². The fourth-order valence-electron chi connectivity index (χ4n) is 1.48.